The molecule has 1 saturated heterocycles. The first-order chi connectivity index (χ1) is 8.11. The van der Waals surface area contributed by atoms with Gasteiger partial charge in [0, 0.05) is 24.7 Å². The van der Waals surface area contributed by atoms with Crippen LogP contribution in [0.5, 0.6) is 0 Å². The molecule has 4 unspecified atom stereocenters. The topological polar surface area (TPSA) is 29.3 Å². The molecule has 1 aliphatic carbocycles. The highest BCUT2D eigenvalue weighted by Crippen LogP contribution is 2.43. The largest absolute Gasteiger partial charge is 0.329 e. The van der Waals surface area contributed by atoms with Crippen molar-refractivity contribution in [2.45, 2.75) is 70.9 Å². The van der Waals surface area contributed by atoms with Gasteiger partial charge in [-0.2, -0.15) is 0 Å². The minimum Gasteiger partial charge on any atom is -0.329 e. The van der Waals surface area contributed by atoms with Crippen molar-refractivity contribution in [1.82, 2.24) is 4.90 Å². The molecule has 0 aromatic heterocycles. The Hall–Kier alpha value is -0.0800. The maximum Gasteiger partial charge on any atom is 0.0337 e. The minimum absolute atomic E-state index is 0.342. The number of nitrogens with zero attached hydrogens (tertiary/aromatic N) is 1. The van der Waals surface area contributed by atoms with E-state index in [1.807, 2.05) is 0 Å². The van der Waals surface area contributed by atoms with E-state index >= 15 is 0 Å². The zero-order valence-electron chi connectivity index (χ0n) is 11.9. The fourth-order valence-electron chi connectivity index (χ4n) is 4.08. The van der Waals surface area contributed by atoms with Crippen molar-refractivity contribution in [1.29, 1.82) is 0 Å². The predicted molar refractivity (Wildman–Crippen MR) is 74.0 cm³/mol. The van der Waals surface area contributed by atoms with Crippen LogP contribution < -0.4 is 5.73 Å². The smallest absolute Gasteiger partial charge is 0.0337 e. The van der Waals surface area contributed by atoms with Gasteiger partial charge in [-0.05, 0) is 50.9 Å². The highest BCUT2D eigenvalue weighted by molar-refractivity contribution is 5.01. The van der Waals surface area contributed by atoms with E-state index in [0.717, 1.165) is 24.4 Å². The average molecular weight is 238 g/mol. The number of likely N-dealkylation sites (tertiary alicyclic amines) is 1. The summed E-state index contributed by atoms with van der Waals surface area (Å²) in [5.74, 6) is 1.78. The SMILES string of the molecule is CCC1CCC(CN)(N2CC(C)CCC2C)C1. The number of hydrogen-bond donors (Lipinski definition) is 1. The van der Waals surface area contributed by atoms with Crippen molar-refractivity contribution in [2.24, 2.45) is 17.6 Å². The molecule has 0 aromatic rings. The zero-order chi connectivity index (χ0) is 12.5. The van der Waals surface area contributed by atoms with Gasteiger partial charge in [0.05, 0.1) is 0 Å². The first-order valence-electron chi connectivity index (χ1n) is 7.58. The Morgan fingerprint density at radius 1 is 1.24 bits per heavy atom. The van der Waals surface area contributed by atoms with Crippen molar-refractivity contribution < 1.29 is 0 Å². The molecule has 1 heterocycles. The Morgan fingerprint density at radius 2 is 2.00 bits per heavy atom. The minimum atomic E-state index is 0.342. The van der Waals surface area contributed by atoms with E-state index in [9.17, 15) is 0 Å². The van der Waals surface area contributed by atoms with Crippen LogP contribution in [0.1, 0.15) is 59.3 Å². The monoisotopic (exact) mass is 238 g/mol. The Kier molecular flexibility index (Phi) is 4.14. The molecule has 4 atom stereocenters. The summed E-state index contributed by atoms with van der Waals surface area (Å²) in [6.07, 6.45) is 8.16. The molecule has 0 aromatic carbocycles. The molecule has 2 fully saturated rings. The lowest BCUT2D eigenvalue weighted by Gasteiger charge is -2.49. The molecule has 2 aliphatic rings. The van der Waals surface area contributed by atoms with Crippen LogP contribution >= 0.6 is 0 Å². The highest BCUT2D eigenvalue weighted by Gasteiger charge is 2.45. The van der Waals surface area contributed by atoms with E-state index in [1.165, 1.54) is 45.1 Å². The molecule has 1 saturated carbocycles. The van der Waals surface area contributed by atoms with E-state index in [0.29, 0.717) is 5.54 Å². The van der Waals surface area contributed by atoms with Gasteiger partial charge in [-0.1, -0.05) is 20.3 Å². The van der Waals surface area contributed by atoms with Crippen LogP contribution in [0.15, 0.2) is 0 Å². The first-order valence-corrected chi connectivity index (χ1v) is 7.58. The van der Waals surface area contributed by atoms with E-state index < -0.39 is 0 Å². The van der Waals surface area contributed by atoms with Crippen LogP contribution in [0.4, 0.5) is 0 Å². The van der Waals surface area contributed by atoms with Crippen LogP contribution in [0.2, 0.25) is 0 Å². The lowest BCUT2D eigenvalue weighted by molar-refractivity contribution is 0.0113. The van der Waals surface area contributed by atoms with Gasteiger partial charge in [0.2, 0.25) is 0 Å². The summed E-state index contributed by atoms with van der Waals surface area (Å²) in [5.41, 5.74) is 6.52. The average Bonchev–Trinajstić information content (AvgIpc) is 2.77. The molecule has 100 valence electrons. The van der Waals surface area contributed by atoms with Gasteiger partial charge in [-0.15, -0.1) is 0 Å². The first kappa shape index (κ1) is 13.4. The summed E-state index contributed by atoms with van der Waals surface area (Å²) < 4.78 is 0. The van der Waals surface area contributed by atoms with Crippen molar-refractivity contribution in [3.8, 4) is 0 Å². The Labute approximate surface area is 107 Å². The van der Waals surface area contributed by atoms with Gasteiger partial charge < -0.3 is 5.73 Å². The normalized spacial score (nSPS) is 44.1. The zero-order valence-corrected chi connectivity index (χ0v) is 11.9. The molecule has 2 nitrogen and oxygen atoms in total. The summed E-state index contributed by atoms with van der Waals surface area (Å²) in [5, 5.41) is 0. The van der Waals surface area contributed by atoms with Crippen LogP contribution in [0.3, 0.4) is 0 Å². The molecule has 2 N–H and O–H groups in total. The summed E-state index contributed by atoms with van der Waals surface area (Å²) >= 11 is 0. The van der Waals surface area contributed by atoms with Crippen LogP contribution in [0, 0.1) is 11.8 Å². The fourth-order valence-corrected chi connectivity index (χ4v) is 4.08. The lowest BCUT2D eigenvalue weighted by Crippen LogP contribution is -2.58. The standard InChI is InChI=1S/C15H30N2/c1-4-14-7-8-15(9-14,11-16)17-10-12(2)5-6-13(17)3/h12-14H,4-11,16H2,1-3H3. The summed E-state index contributed by atoms with van der Waals surface area (Å²) in [6, 6.07) is 0.741. The van der Waals surface area contributed by atoms with Crippen molar-refractivity contribution >= 4 is 0 Å². The molecule has 1 aliphatic heterocycles. The van der Waals surface area contributed by atoms with Gasteiger partial charge in [0.15, 0.2) is 0 Å². The van der Waals surface area contributed by atoms with Gasteiger partial charge in [-0.3, -0.25) is 4.90 Å². The molecule has 2 rings (SSSR count). The van der Waals surface area contributed by atoms with Crippen molar-refractivity contribution in [2.75, 3.05) is 13.1 Å². The molecular weight excluding hydrogens is 208 g/mol. The Morgan fingerprint density at radius 3 is 2.59 bits per heavy atom. The molecular formula is C15H30N2. The summed E-state index contributed by atoms with van der Waals surface area (Å²) in [4.78, 5) is 2.77. The number of rotatable bonds is 3. The molecule has 0 bridgehead atoms. The van der Waals surface area contributed by atoms with E-state index in [4.69, 9.17) is 5.73 Å². The van der Waals surface area contributed by atoms with Crippen LogP contribution in [-0.4, -0.2) is 29.6 Å². The second-order valence-corrected chi connectivity index (χ2v) is 6.63. The van der Waals surface area contributed by atoms with Gasteiger partial charge in [0.1, 0.15) is 0 Å². The number of piperidine rings is 1. The fraction of sp³-hybridized carbons (Fsp3) is 1.00. The number of nitrogens with two attached hydrogens (primary N) is 1. The summed E-state index contributed by atoms with van der Waals surface area (Å²) in [6.45, 7) is 9.27. The maximum atomic E-state index is 6.18. The third-order valence-corrected chi connectivity index (χ3v) is 5.37. The van der Waals surface area contributed by atoms with E-state index in [2.05, 4.69) is 25.7 Å². The Balaban J connectivity index is 2.11. The van der Waals surface area contributed by atoms with Gasteiger partial charge in [0.25, 0.3) is 0 Å². The van der Waals surface area contributed by atoms with E-state index in [1.54, 1.807) is 0 Å². The molecule has 2 heteroatoms. The maximum absolute atomic E-state index is 6.18. The Bertz CT molecular complexity index is 253. The molecule has 0 amide bonds. The molecule has 0 spiro atoms. The van der Waals surface area contributed by atoms with Crippen LogP contribution in [-0.2, 0) is 0 Å². The van der Waals surface area contributed by atoms with Crippen molar-refractivity contribution in [3.63, 3.8) is 0 Å². The quantitative estimate of drug-likeness (QED) is 0.819. The molecule has 17 heavy (non-hydrogen) atoms. The second kappa shape index (κ2) is 5.27. The third kappa shape index (κ3) is 2.53. The van der Waals surface area contributed by atoms with Crippen molar-refractivity contribution in [3.05, 3.63) is 0 Å². The van der Waals surface area contributed by atoms with Crippen LogP contribution in [0.25, 0.3) is 0 Å². The highest BCUT2D eigenvalue weighted by atomic mass is 15.2. The predicted octanol–water partition coefficient (Wildman–Crippen LogP) is 3.01. The lowest BCUT2D eigenvalue weighted by atomic mass is 9.85. The van der Waals surface area contributed by atoms with Gasteiger partial charge >= 0.3 is 0 Å². The van der Waals surface area contributed by atoms with Gasteiger partial charge in [-0.25, -0.2) is 0 Å². The number of hydrogen-bond acceptors (Lipinski definition) is 2. The summed E-state index contributed by atoms with van der Waals surface area (Å²) in [7, 11) is 0. The third-order valence-electron chi connectivity index (χ3n) is 5.37. The van der Waals surface area contributed by atoms with E-state index in [-0.39, 0.29) is 0 Å². The second-order valence-electron chi connectivity index (χ2n) is 6.63. The molecule has 0 radical (unpaired) electrons.